The van der Waals surface area contributed by atoms with Gasteiger partial charge in [0.1, 0.15) is 5.82 Å². The molecule has 1 aromatic rings. The van der Waals surface area contributed by atoms with Gasteiger partial charge in [-0.25, -0.2) is 4.39 Å². The minimum Gasteiger partial charge on any atom is -0.349 e. The summed E-state index contributed by atoms with van der Waals surface area (Å²) in [7, 11) is 0. The Balaban J connectivity index is 2.50. The summed E-state index contributed by atoms with van der Waals surface area (Å²) in [6.07, 6.45) is 5.79. The lowest BCUT2D eigenvalue weighted by Crippen LogP contribution is -2.23. The molecule has 5 heteroatoms. The molecular formula is C10H10ClFN2O. The van der Waals surface area contributed by atoms with Gasteiger partial charge in [0.25, 0.3) is 5.91 Å². The summed E-state index contributed by atoms with van der Waals surface area (Å²) in [6.45, 7) is 0.363. The van der Waals surface area contributed by atoms with Gasteiger partial charge < -0.3 is 5.32 Å². The van der Waals surface area contributed by atoms with E-state index in [1.807, 2.05) is 0 Å². The van der Waals surface area contributed by atoms with Crippen molar-refractivity contribution < 1.29 is 9.18 Å². The average molecular weight is 229 g/mol. The highest BCUT2D eigenvalue weighted by Gasteiger charge is 2.04. The van der Waals surface area contributed by atoms with Crippen molar-refractivity contribution in [3.63, 3.8) is 0 Å². The van der Waals surface area contributed by atoms with E-state index in [4.69, 9.17) is 11.6 Å². The molecule has 1 heterocycles. The Labute approximate surface area is 92.0 Å². The van der Waals surface area contributed by atoms with Crippen molar-refractivity contribution in [3.8, 4) is 0 Å². The van der Waals surface area contributed by atoms with Crippen molar-refractivity contribution in [1.82, 2.24) is 10.3 Å². The highest BCUT2D eigenvalue weighted by Crippen LogP contribution is 2.00. The molecule has 80 valence electrons. The Morgan fingerprint density at radius 1 is 1.53 bits per heavy atom. The van der Waals surface area contributed by atoms with E-state index in [9.17, 15) is 9.18 Å². The van der Waals surface area contributed by atoms with E-state index in [0.29, 0.717) is 12.4 Å². The lowest BCUT2D eigenvalue weighted by molar-refractivity contribution is 0.0957. The number of aromatic nitrogens is 1. The lowest BCUT2D eigenvalue weighted by Gasteiger charge is -2.01. The van der Waals surface area contributed by atoms with Crippen LogP contribution >= 0.6 is 11.6 Å². The van der Waals surface area contributed by atoms with Gasteiger partial charge in [-0.15, -0.1) is 11.6 Å². The fourth-order valence-electron chi connectivity index (χ4n) is 0.936. The number of hydrogen-bond donors (Lipinski definition) is 1. The highest BCUT2D eigenvalue weighted by molar-refractivity contribution is 6.18. The van der Waals surface area contributed by atoms with E-state index >= 15 is 0 Å². The molecule has 0 fully saturated rings. The number of nitrogens with one attached hydrogen (secondary N) is 1. The van der Waals surface area contributed by atoms with Gasteiger partial charge in [0.05, 0.1) is 11.8 Å². The van der Waals surface area contributed by atoms with Crippen LogP contribution in [0, 0.1) is 5.82 Å². The second kappa shape index (κ2) is 6.14. The third-order valence-corrected chi connectivity index (χ3v) is 1.78. The third-order valence-electron chi connectivity index (χ3n) is 1.60. The molecule has 0 saturated heterocycles. The van der Waals surface area contributed by atoms with Crippen molar-refractivity contribution in [2.24, 2.45) is 0 Å². The number of nitrogens with zero attached hydrogens (tertiary/aromatic N) is 1. The van der Waals surface area contributed by atoms with Crippen LogP contribution in [0.25, 0.3) is 0 Å². The Morgan fingerprint density at radius 3 is 3.00 bits per heavy atom. The fourth-order valence-corrected chi connectivity index (χ4v) is 1.06. The number of carbonyl (C=O) groups excluding carboxylic acids is 1. The van der Waals surface area contributed by atoms with Gasteiger partial charge in [0.15, 0.2) is 0 Å². The van der Waals surface area contributed by atoms with Crippen molar-refractivity contribution >= 4 is 17.5 Å². The van der Waals surface area contributed by atoms with Gasteiger partial charge in [-0.05, 0) is 6.07 Å². The van der Waals surface area contributed by atoms with Crippen molar-refractivity contribution in [2.45, 2.75) is 0 Å². The summed E-state index contributed by atoms with van der Waals surface area (Å²) in [5.41, 5.74) is 0.203. The van der Waals surface area contributed by atoms with Crippen LogP contribution in [0.5, 0.6) is 0 Å². The quantitative estimate of drug-likeness (QED) is 0.630. The van der Waals surface area contributed by atoms with Crippen LogP contribution in [0.2, 0.25) is 0 Å². The molecule has 0 unspecified atom stereocenters. The Kier molecular flexibility index (Phi) is 4.77. The first-order valence-electron chi connectivity index (χ1n) is 4.33. The molecule has 0 bridgehead atoms. The molecule has 1 rings (SSSR count). The van der Waals surface area contributed by atoms with Gasteiger partial charge in [-0.3, -0.25) is 9.78 Å². The predicted octanol–water partition coefficient (Wildman–Crippen LogP) is 1.75. The SMILES string of the molecule is O=C(NC/C=C/CCl)c1cncc(F)c1. The number of carbonyl (C=O) groups is 1. The number of hydrogen-bond acceptors (Lipinski definition) is 2. The number of rotatable bonds is 4. The summed E-state index contributed by atoms with van der Waals surface area (Å²) < 4.78 is 12.7. The number of halogens is 2. The Hall–Kier alpha value is -1.42. The molecule has 15 heavy (non-hydrogen) atoms. The molecule has 1 N–H and O–H groups in total. The van der Waals surface area contributed by atoms with Crippen LogP contribution < -0.4 is 5.32 Å². The minimum atomic E-state index is -0.529. The molecule has 0 saturated carbocycles. The predicted molar refractivity (Wildman–Crippen MR) is 56.4 cm³/mol. The average Bonchev–Trinajstić information content (AvgIpc) is 2.24. The summed E-state index contributed by atoms with van der Waals surface area (Å²) >= 11 is 5.40. The summed E-state index contributed by atoms with van der Waals surface area (Å²) in [6, 6.07) is 1.13. The monoisotopic (exact) mass is 228 g/mol. The lowest BCUT2D eigenvalue weighted by atomic mass is 10.2. The van der Waals surface area contributed by atoms with Crippen molar-refractivity contribution in [1.29, 1.82) is 0 Å². The summed E-state index contributed by atoms with van der Waals surface area (Å²) in [5, 5.41) is 2.57. The van der Waals surface area contributed by atoms with E-state index in [0.717, 1.165) is 12.3 Å². The van der Waals surface area contributed by atoms with Crippen LogP contribution in [-0.4, -0.2) is 23.3 Å². The molecule has 0 aliphatic rings. The maximum absolute atomic E-state index is 12.7. The van der Waals surface area contributed by atoms with E-state index in [1.165, 1.54) is 6.20 Å². The van der Waals surface area contributed by atoms with E-state index in [2.05, 4.69) is 10.3 Å². The topological polar surface area (TPSA) is 42.0 Å². The molecule has 0 aliphatic heterocycles. The highest BCUT2D eigenvalue weighted by atomic mass is 35.5. The number of allylic oxidation sites excluding steroid dienone is 1. The zero-order chi connectivity index (χ0) is 11.1. The van der Waals surface area contributed by atoms with Crippen molar-refractivity contribution in [2.75, 3.05) is 12.4 Å². The molecule has 1 amide bonds. The molecule has 0 aromatic carbocycles. The molecule has 0 radical (unpaired) electrons. The van der Waals surface area contributed by atoms with Crippen LogP contribution in [0.15, 0.2) is 30.6 Å². The second-order valence-electron chi connectivity index (χ2n) is 2.73. The van der Waals surface area contributed by atoms with Gasteiger partial charge >= 0.3 is 0 Å². The second-order valence-corrected chi connectivity index (χ2v) is 3.04. The number of alkyl halides is 1. The zero-order valence-electron chi connectivity index (χ0n) is 7.91. The van der Waals surface area contributed by atoms with Crippen LogP contribution in [0.1, 0.15) is 10.4 Å². The molecule has 3 nitrogen and oxygen atoms in total. The first-order chi connectivity index (χ1) is 7.24. The van der Waals surface area contributed by atoms with Crippen LogP contribution in [0.3, 0.4) is 0 Å². The minimum absolute atomic E-state index is 0.203. The van der Waals surface area contributed by atoms with Crippen LogP contribution in [-0.2, 0) is 0 Å². The van der Waals surface area contributed by atoms with E-state index in [-0.39, 0.29) is 11.5 Å². The molecule has 0 atom stereocenters. The van der Waals surface area contributed by atoms with E-state index in [1.54, 1.807) is 12.2 Å². The van der Waals surface area contributed by atoms with Crippen molar-refractivity contribution in [3.05, 3.63) is 42.0 Å². The van der Waals surface area contributed by atoms with Gasteiger partial charge in [0, 0.05) is 18.6 Å². The van der Waals surface area contributed by atoms with Gasteiger partial charge in [-0.2, -0.15) is 0 Å². The maximum Gasteiger partial charge on any atom is 0.253 e. The standard InChI is InChI=1S/C10H10ClFN2O/c11-3-1-2-4-14-10(15)8-5-9(12)7-13-6-8/h1-2,5-7H,3-4H2,(H,14,15)/b2-1+. The maximum atomic E-state index is 12.7. The Bertz CT molecular complexity index is 368. The normalized spacial score (nSPS) is 10.5. The number of pyridine rings is 1. The van der Waals surface area contributed by atoms with E-state index < -0.39 is 5.82 Å². The van der Waals surface area contributed by atoms with Gasteiger partial charge in [0.2, 0.25) is 0 Å². The zero-order valence-corrected chi connectivity index (χ0v) is 8.67. The summed E-state index contributed by atoms with van der Waals surface area (Å²) in [4.78, 5) is 15.0. The first-order valence-corrected chi connectivity index (χ1v) is 4.87. The van der Waals surface area contributed by atoms with Gasteiger partial charge in [-0.1, -0.05) is 12.2 Å². The number of amides is 1. The molecule has 0 spiro atoms. The molecular weight excluding hydrogens is 219 g/mol. The largest absolute Gasteiger partial charge is 0.349 e. The third kappa shape index (κ3) is 4.08. The van der Waals surface area contributed by atoms with Crippen LogP contribution in [0.4, 0.5) is 4.39 Å². The fraction of sp³-hybridized carbons (Fsp3) is 0.200. The Morgan fingerprint density at radius 2 is 2.33 bits per heavy atom. The first kappa shape index (κ1) is 11.7. The smallest absolute Gasteiger partial charge is 0.253 e. The summed E-state index contributed by atoms with van der Waals surface area (Å²) in [5.74, 6) is -0.489. The molecule has 0 aliphatic carbocycles. The molecule has 1 aromatic heterocycles.